The molecule has 0 bridgehead atoms. The van der Waals surface area contributed by atoms with Gasteiger partial charge in [0.1, 0.15) is 6.07 Å². The molecule has 15 heavy (non-hydrogen) atoms. The van der Waals surface area contributed by atoms with Gasteiger partial charge in [-0.05, 0) is 0 Å². The van der Waals surface area contributed by atoms with Gasteiger partial charge in [-0.2, -0.15) is 5.26 Å². The smallest absolute Gasteiger partial charge is 0.356 e. The van der Waals surface area contributed by atoms with E-state index in [0.29, 0.717) is 32.1 Å². The van der Waals surface area contributed by atoms with Gasteiger partial charge in [0.15, 0.2) is 5.84 Å². The second-order valence-electron chi connectivity index (χ2n) is 3.35. The number of rotatable bonds is 1. The Morgan fingerprint density at radius 3 is 2.87 bits per heavy atom. The third-order valence-electron chi connectivity index (χ3n) is 2.50. The van der Waals surface area contributed by atoms with Crippen LogP contribution in [-0.2, 0) is 14.3 Å². The summed E-state index contributed by atoms with van der Waals surface area (Å²) in [6.45, 7) is 2.53. The van der Waals surface area contributed by atoms with Crippen LogP contribution in [0.4, 0.5) is 0 Å². The number of hydrogen-bond donors (Lipinski definition) is 0. The van der Waals surface area contributed by atoms with Gasteiger partial charge in [0.05, 0.1) is 20.3 Å². The summed E-state index contributed by atoms with van der Waals surface area (Å²) in [5.74, 6) is -0.0911. The average Bonchev–Trinajstić information content (AvgIpc) is 3.05. The topological polar surface area (TPSA) is 74.9 Å². The molecule has 0 aromatic rings. The lowest BCUT2D eigenvalue weighted by atomic mass is 10.1. The molecule has 80 valence electrons. The van der Waals surface area contributed by atoms with Crippen molar-refractivity contribution in [3.63, 3.8) is 0 Å². The van der Waals surface area contributed by atoms with Crippen molar-refractivity contribution in [2.24, 2.45) is 4.99 Å². The summed E-state index contributed by atoms with van der Waals surface area (Å²) >= 11 is 0. The fourth-order valence-corrected chi connectivity index (χ4v) is 1.61. The summed E-state index contributed by atoms with van der Waals surface area (Å²) in [7, 11) is 1.26. The molecular formula is C9H11N3O3. The number of esters is 1. The summed E-state index contributed by atoms with van der Waals surface area (Å²) in [6.07, 6.45) is 0. The number of amidine groups is 1. The number of nitriles is 1. The van der Waals surface area contributed by atoms with Crippen LogP contribution in [-0.4, -0.2) is 55.7 Å². The summed E-state index contributed by atoms with van der Waals surface area (Å²) in [6, 6.07) is 1.89. The monoisotopic (exact) mass is 209 g/mol. The summed E-state index contributed by atoms with van der Waals surface area (Å²) in [5, 5.41) is 8.94. The van der Waals surface area contributed by atoms with Gasteiger partial charge in [0, 0.05) is 13.1 Å². The van der Waals surface area contributed by atoms with Crippen LogP contribution in [0.2, 0.25) is 0 Å². The van der Waals surface area contributed by atoms with Crippen LogP contribution in [0.5, 0.6) is 0 Å². The van der Waals surface area contributed by atoms with Gasteiger partial charge in [0.2, 0.25) is 0 Å². The van der Waals surface area contributed by atoms with Crippen molar-refractivity contribution in [2.45, 2.75) is 5.54 Å². The first-order chi connectivity index (χ1) is 7.24. The predicted molar refractivity (Wildman–Crippen MR) is 50.2 cm³/mol. The summed E-state index contributed by atoms with van der Waals surface area (Å²) in [4.78, 5) is 17.2. The average molecular weight is 209 g/mol. The van der Waals surface area contributed by atoms with E-state index < -0.39 is 11.5 Å². The highest BCUT2D eigenvalue weighted by Crippen LogP contribution is 2.31. The lowest BCUT2D eigenvalue weighted by Gasteiger charge is -2.26. The van der Waals surface area contributed by atoms with E-state index in [0.717, 1.165) is 0 Å². The third-order valence-corrected chi connectivity index (χ3v) is 2.50. The molecule has 0 aliphatic carbocycles. The second-order valence-corrected chi connectivity index (χ2v) is 3.35. The Hall–Kier alpha value is -1.61. The van der Waals surface area contributed by atoms with Gasteiger partial charge in [-0.25, -0.2) is 9.79 Å². The van der Waals surface area contributed by atoms with Crippen LogP contribution in [0.3, 0.4) is 0 Å². The molecule has 0 spiro atoms. The molecule has 6 nitrogen and oxygen atoms in total. The standard InChI is InChI=1S/C9H11N3O3/c1-14-8(13)9(6-10)7(11-9)12-2-4-15-5-3-12/h2-5H2,1H3. The number of nitrogens with zero attached hydrogens (tertiary/aromatic N) is 3. The summed E-state index contributed by atoms with van der Waals surface area (Å²) < 4.78 is 9.73. The van der Waals surface area contributed by atoms with Gasteiger partial charge in [-0.3, -0.25) is 0 Å². The number of ether oxygens (including phenoxy) is 2. The van der Waals surface area contributed by atoms with Crippen molar-refractivity contribution in [3.8, 4) is 6.07 Å². The number of hydrogen-bond acceptors (Lipinski definition) is 6. The number of aliphatic imine (C=N–C) groups is 1. The van der Waals surface area contributed by atoms with E-state index in [1.807, 2.05) is 11.0 Å². The molecule has 2 heterocycles. The fourth-order valence-electron chi connectivity index (χ4n) is 1.61. The molecule has 1 saturated heterocycles. The molecule has 0 saturated carbocycles. The Bertz CT molecular complexity index is 354. The number of methoxy groups -OCH3 is 1. The zero-order chi connectivity index (χ0) is 10.9. The van der Waals surface area contributed by atoms with Crippen LogP contribution in [0.25, 0.3) is 0 Å². The molecule has 1 atom stereocenters. The van der Waals surface area contributed by atoms with Crippen molar-refractivity contribution in [1.82, 2.24) is 4.90 Å². The van der Waals surface area contributed by atoms with Crippen LogP contribution in [0.15, 0.2) is 4.99 Å². The first kappa shape index (κ1) is 9.93. The Morgan fingerprint density at radius 1 is 1.67 bits per heavy atom. The Morgan fingerprint density at radius 2 is 2.33 bits per heavy atom. The van der Waals surface area contributed by atoms with Gasteiger partial charge < -0.3 is 14.4 Å². The van der Waals surface area contributed by atoms with Crippen LogP contribution < -0.4 is 0 Å². The fraction of sp³-hybridized carbons (Fsp3) is 0.667. The van der Waals surface area contributed by atoms with Crippen LogP contribution in [0.1, 0.15) is 0 Å². The maximum Gasteiger partial charge on any atom is 0.356 e. The van der Waals surface area contributed by atoms with Crippen molar-refractivity contribution in [1.29, 1.82) is 5.26 Å². The Labute approximate surface area is 87.1 Å². The van der Waals surface area contributed by atoms with Gasteiger partial charge in [-0.15, -0.1) is 0 Å². The molecule has 0 aromatic heterocycles. The van der Waals surface area contributed by atoms with Crippen LogP contribution >= 0.6 is 0 Å². The Balaban J connectivity index is 2.05. The van der Waals surface area contributed by atoms with Crippen molar-refractivity contribution < 1.29 is 14.3 Å². The number of morpholine rings is 1. The zero-order valence-electron chi connectivity index (χ0n) is 8.39. The SMILES string of the molecule is COC(=O)C1(C#N)N=C1N1CCOCC1. The minimum Gasteiger partial charge on any atom is -0.466 e. The molecule has 0 N–H and O–H groups in total. The quantitative estimate of drug-likeness (QED) is 0.527. The first-order valence-electron chi connectivity index (χ1n) is 4.67. The Kier molecular flexibility index (Phi) is 2.32. The highest BCUT2D eigenvalue weighted by Gasteiger charge is 2.59. The number of carbonyl (C=O) groups excluding carboxylic acids is 1. The van der Waals surface area contributed by atoms with E-state index in [1.165, 1.54) is 7.11 Å². The zero-order valence-corrected chi connectivity index (χ0v) is 8.39. The van der Waals surface area contributed by atoms with Crippen LogP contribution in [0, 0.1) is 11.3 Å². The van der Waals surface area contributed by atoms with Crippen molar-refractivity contribution in [3.05, 3.63) is 0 Å². The molecule has 2 aliphatic rings. The van der Waals surface area contributed by atoms with Gasteiger partial charge in [-0.1, -0.05) is 0 Å². The molecular weight excluding hydrogens is 198 g/mol. The minimum atomic E-state index is -1.37. The molecule has 0 aromatic carbocycles. The molecule has 2 aliphatic heterocycles. The largest absolute Gasteiger partial charge is 0.466 e. The lowest BCUT2D eigenvalue weighted by molar-refractivity contribution is -0.141. The molecule has 0 amide bonds. The normalized spacial score (nSPS) is 29.1. The maximum atomic E-state index is 11.4. The number of carbonyl (C=O) groups is 1. The third kappa shape index (κ3) is 1.45. The van der Waals surface area contributed by atoms with E-state index in [2.05, 4.69) is 9.73 Å². The first-order valence-corrected chi connectivity index (χ1v) is 4.67. The maximum absolute atomic E-state index is 11.4. The van der Waals surface area contributed by atoms with E-state index in [4.69, 9.17) is 10.00 Å². The van der Waals surface area contributed by atoms with Crippen molar-refractivity contribution >= 4 is 11.8 Å². The summed E-state index contributed by atoms with van der Waals surface area (Å²) in [5.41, 5.74) is -1.37. The van der Waals surface area contributed by atoms with Crippen molar-refractivity contribution in [2.75, 3.05) is 33.4 Å². The molecule has 2 rings (SSSR count). The van der Waals surface area contributed by atoms with E-state index >= 15 is 0 Å². The van der Waals surface area contributed by atoms with Gasteiger partial charge >= 0.3 is 11.5 Å². The highest BCUT2D eigenvalue weighted by atomic mass is 16.5. The van der Waals surface area contributed by atoms with E-state index in [-0.39, 0.29) is 0 Å². The van der Waals surface area contributed by atoms with Gasteiger partial charge in [0.25, 0.3) is 0 Å². The molecule has 1 fully saturated rings. The minimum absolute atomic E-state index is 0.514. The molecule has 1 unspecified atom stereocenters. The lowest BCUT2D eigenvalue weighted by Crippen LogP contribution is -2.44. The second kappa shape index (κ2) is 3.51. The van der Waals surface area contributed by atoms with E-state index in [9.17, 15) is 4.79 Å². The van der Waals surface area contributed by atoms with E-state index in [1.54, 1.807) is 0 Å². The molecule has 0 radical (unpaired) electrons. The predicted octanol–water partition coefficient (Wildman–Crippen LogP) is -0.834. The highest BCUT2D eigenvalue weighted by molar-refractivity contribution is 6.23. The molecule has 6 heteroatoms.